The van der Waals surface area contributed by atoms with Crippen molar-refractivity contribution >= 4 is 28.7 Å². The van der Waals surface area contributed by atoms with Crippen molar-refractivity contribution in [2.24, 2.45) is 0 Å². The molecular weight excluding hydrogens is 340 g/mol. The van der Waals surface area contributed by atoms with E-state index in [0.29, 0.717) is 17.2 Å². The fourth-order valence-electron chi connectivity index (χ4n) is 1.90. The first kappa shape index (κ1) is 20.3. The van der Waals surface area contributed by atoms with Gasteiger partial charge >= 0.3 is 5.97 Å². The standard InChI is InChI=1S/C17H28O5Si2/c1-19-14-11-13(9-10-16(18)21-23(3,4)5)12-15(20-2)17(14)22-24(6,7)8/h9-12H,1-8H3/b10-9+. The van der Waals surface area contributed by atoms with Crippen LogP contribution in [0.1, 0.15) is 5.56 Å². The maximum Gasteiger partial charge on any atom is 0.317 e. The van der Waals surface area contributed by atoms with E-state index in [9.17, 15) is 4.79 Å². The minimum atomic E-state index is -1.90. The van der Waals surface area contributed by atoms with Crippen LogP contribution in [-0.4, -0.2) is 36.8 Å². The molecule has 0 aliphatic heterocycles. The Morgan fingerprint density at radius 1 is 0.917 bits per heavy atom. The van der Waals surface area contributed by atoms with Crippen LogP contribution in [0.15, 0.2) is 18.2 Å². The molecule has 1 aromatic carbocycles. The Morgan fingerprint density at radius 3 is 1.79 bits per heavy atom. The molecule has 0 radical (unpaired) electrons. The van der Waals surface area contributed by atoms with Gasteiger partial charge in [0.05, 0.1) is 14.2 Å². The minimum absolute atomic E-state index is 0.338. The number of ether oxygens (including phenoxy) is 2. The molecule has 0 unspecified atom stereocenters. The van der Waals surface area contributed by atoms with Crippen molar-refractivity contribution < 1.29 is 23.1 Å². The van der Waals surface area contributed by atoms with Crippen molar-refractivity contribution in [2.45, 2.75) is 39.3 Å². The van der Waals surface area contributed by atoms with Crippen LogP contribution in [0, 0.1) is 0 Å². The first-order chi connectivity index (χ1) is 10.9. The molecule has 0 fully saturated rings. The van der Waals surface area contributed by atoms with Gasteiger partial charge < -0.3 is 18.3 Å². The van der Waals surface area contributed by atoms with Gasteiger partial charge in [-0.1, -0.05) is 0 Å². The third-order valence-electron chi connectivity index (χ3n) is 2.71. The van der Waals surface area contributed by atoms with Crippen LogP contribution < -0.4 is 13.9 Å². The lowest BCUT2D eigenvalue weighted by atomic mass is 10.1. The third-order valence-corrected chi connectivity index (χ3v) is 4.34. The molecule has 0 aliphatic rings. The normalized spacial score (nSPS) is 12.2. The van der Waals surface area contributed by atoms with Gasteiger partial charge in [0.1, 0.15) is 0 Å². The topological polar surface area (TPSA) is 54.0 Å². The predicted molar refractivity (Wildman–Crippen MR) is 102 cm³/mol. The van der Waals surface area contributed by atoms with E-state index in [-0.39, 0.29) is 5.97 Å². The van der Waals surface area contributed by atoms with Crippen LogP contribution in [0.25, 0.3) is 6.08 Å². The summed E-state index contributed by atoms with van der Waals surface area (Å²) >= 11 is 0. The van der Waals surface area contributed by atoms with Crippen LogP contribution in [0.3, 0.4) is 0 Å². The van der Waals surface area contributed by atoms with Crippen LogP contribution in [-0.2, 0) is 9.22 Å². The number of benzene rings is 1. The Bertz CT molecular complexity index is 587. The van der Waals surface area contributed by atoms with Gasteiger partial charge in [0.25, 0.3) is 0 Å². The molecule has 0 saturated carbocycles. The van der Waals surface area contributed by atoms with Gasteiger partial charge in [-0.05, 0) is 63.1 Å². The van der Waals surface area contributed by atoms with Gasteiger partial charge in [0.2, 0.25) is 16.6 Å². The highest BCUT2D eigenvalue weighted by atomic mass is 28.4. The highest BCUT2D eigenvalue weighted by molar-refractivity contribution is 6.71. The summed E-state index contributed by atoms with van der Waals surface area (Å²) in [4.78, 5) is 11.8. The maximum atomic E-state index is 11.8. The number of carbonyl (C=O) groups is 1. The quantitative estimate of drug-likeness (QED) is 0.530. The van der Waals surface area contributed by atoms with E-state index in [2.05, 4.69) is 19.6 Å². The van der Waals surface area contributed by atoms with E-state index >= 15 is 0 Å². The third kappa shape index (κ3) is 6.80. The highest BCUT2D eigenvalue weighted by Crippen LogP contribution is 2.40. The predicted octanol–water partition coefficient (Wildman–Crippen LogP) is 4.31. The molecule has 1 aromatic rings. The van der Waals surface area contributed by atoms with Gasteiger partial charge in [0, 0.05) is 6.08 Å². The van der Waals surface area contributed by atoms with Crippen molar-refractivity contribution in [2.75, 3.05) is 14.2 Å². The van der Waals surface area contributed by atoms with Crippen LogP contribution in [0.4, 0.5) is 0 Å². The molecule has 0 saturated heterocycles. The summed E-state index contributed by atoms with van der Waals surface area (Å²) in [5.74, 6) is 1.42. The molecule has 0 N–H and O–H groups in total. The lowest BCUT2D eigenvalue weighted by Gasteiger charge is -2.23. The van der Waals surface area contributed by atoms with E-state index in [1.54, 1.807) is 20.3 Å². The first-order valence-corrected chi connectivity index (χ1v) is 14.6. The molecule has 7 heteroatoms. The molecule has 0 aliphatic carbocycles. The minimum Gasteiger partial charge on any atom is -0.539 e. The molecule has 24 heavy (non-hydrogen) atoms. The monoisotopic (exact) mass is 368 g/mol. The largest absolute Gasteiger partial charge is 0.539 e. The zero-order valence-electron chi connectivity index (χ0n) is 15.9. The number of hydrogen-bond acceptors (Lipinski definition) is 5. The number of carbonyl (C=O) groups excluding carboxylic acids is 1. The Balaban J connectivity index is 3.12. The van der Waals surface area contributed by atoms with Gasteiger partial charge in [-0.2, -0.15) is 0 Å². The van der Waals surface area contributed by atoms with Crippen molar-refractivity contribution in [3.8, 4) is 17.2 Å². The summed E-state index contributed by atoms with van der Waals surface area (Å²) < 4.78 is 22.3. The van der Waals surface area contributed by atoms with Crippen molar-refractivity contribution in [3.63, 3.8) is 0 Å². The fraction of sp³-hybridized carbons (Fsp3) is 0.471. The van der Waals surface area contributed by atoms with E-state index in [1.165, 1.54) is 6.08 Å². The number of methoxy groups -OCH3 is 2. The van der Waals surface area contributed by atoms with Gasteiger partial charge in [0.15, 0.2) is 17.2 Å². The summed E-state index contributed by atoms with van der Waals surface area (Å²) in [5, 5.41) is 0. The van der Waals surface area contributed by atoms with Gasteiger partial charge in [-0.25, -0.2) is 4.79 Å². The Hall–Kier alpha value is -1.74. The number of hydrogen-bond donors (Lipinski definition) is 0. The van der Waals surface area contributed by atoms with Crippen molar-refractivity contribution in [1.82, 2.24) is 0 Å². The lowest BCUT2D eigenvalue weighted by Crippen LogP contribution is -2.29. The summed E-state index contributed by atoms with van der Waals surface area (Å²) in [6, 6.07) is 3.63. The Kier molecular flexibility index (Phi) is 6.68. The molecule has 0 amide bonds. The fourth-order valence-corrected chi connectivity index (χ4v) is 3.39. The maximum absolute atomic E-state index is 11.8. The molecule has 134 valence electrons. The summed E-state index contributed by atoms with van der Waals surface area (Å²) in [5.41, 5.74) is 0.777. The van der Waals surface area contributed by atoms with E-state index in [4.69, 9.17) is 18.3 Å². The second-order valence-electron chi connectivity index (χ2n) is 7.34. The molecule has 1 rings (SSSR count). The van der Waals surface area contributed by atoms with Crippen molar-refractivity contribution in [3.05, 3.63) is 23.8 Å². The lowest BCUT2D eigenvalue weighted by molar-refractivity contribution is -0.129. The average Bonchev–Trinajstić information content (AvgIpc) is 2.42. The molecule has 0 atom stereocenters. The smallest absolute Gasteiger partial charge is 0.317 e. The molecule has 0 spiro atoms. The molecule has 0 aromatic heterocycles. The molecule has 0 bridgehead atoms. The van der Waals surface area contributed by atoms with Crippen LogP contribution >= 0.6 is 0 Å². The number of rotatable bonds is 7. The Labute approximate surface area is 146 Å². The van der Waals surface area contributed by atoms with Crippen LogP contribution in [0.5, 0.6) is 17.2 Å². The zero-order chi connectivity index (χ0) is 18.5. The average molecular weight is 369 g/mol. The zero-order valence-corrected chi connectivity index (χ0v) is 17.9. The van der Waals surface area contributed by atoms with Gasteiger partial charge in [-0.3, -0.25) is 0 Å². The SMILES string of the molecule is COc1cc(/C=C/C(=O)O[Si](C)(C)C)cc(OC)c1O[Si](C)(C)C. The molecule has 5 nitrogen and oxygen atoms in total. The summed E-state index contributed by atoms with van der Waals surface area (Å²) in [6.07, 6.45) is 3.11. The second-order valence-corrected chi connectivity index (χ2v) is 16.2. The Morgan fingerprint density at radius 2 is 1.42 bits per heavy atom. The van der Waals surface area contributed by atoms with E-state index in [1.807, 2.05) is 31.8 Å². The first-order valence-electron chi connectivity index (χ1n) is 7.81. The van der Waals surface area contributed by atoms with Crippen molar-refractivity contribution in [1.29, 1.82) is 0 Å². The van der Waals surface area contributed by atoms with Crippen LogP contribution in [0.2, 0.25) is 39.3 Å². The highest BCUT2D eigenvalue weighted by Gasteiger charge is 2.23. The summed E-state index contributed by atoms with van der Waals surface area (Å²) in [6.45, 7) is 12.2. The molecule has 0 heterocycles. The van der Waals surface area contributed by atoms with E-state index in [0.717, 1.165) is 5.56 Å². The molecular formula is C17H28O5Si2. The van der Waals surface area contributed by atoms with Gasteiger partial charge in [-0.15, -0.1) is 0 Å². The summed E-state index contributed by atoms with van der Waals surface area (Å²) in [7, 11) is -0.553. The second kappa shape index (κ2) is 7.89. The van der Waals surface area contributed by atoms with E-state index < -0.39 is 16.6 Å².